The van der Waals surface area contributed by atoms with E-state index in [2.05, 4.69) is 19.2 Å². The van der Waals surface area contributed by atoms with Crippen molar-refractivity contribution in [3.8, 4) is 0 Å². The van der Waals surface area contributed by atoms with Crippen molar-refractivity contribution in [1.82, 2.24) is 5.32 Å². The molecule has 2 N–H and O–H groups in total. The van der Waals surface area contributed by atoms with Crippen LogP contribution in [-0.2, 0) is 6.42 Å². The molecule has 3 nitrogen and oxygen atoms in total. The first-order valence-electron chi connectivity index (χ1n) is 7.19. The molecule has 0 spiro atoms. The second-order valence-corrected chi connectivity index (χ2v) is 4.89. The smallest absolute Gasteiger partial charge is 0.251 e. The lowest BCUT2D eigenvalue weighted by molar-refractivity contribution is 0.0942. The maximum atomic E-state index is 12.2. The highest BCUT2D eigenvalue weighted by atomic mass is 16.3. The molecular formula is C16H25NO2. The van der Waals surface area contributed by atoms with Crippen LogP contribution in [0.15, 0.2) is 24.3 Å². The van der Waals surface area contributed by atoms with Crippen LogP contribution in [0.25, 0.3) is 0 Å². The first-order chi connectivity index (χ1) is 9.22. The monoisotopic (exact) mass is 263 g/mol. The van der Waals surface area contributed by atoms with Gasteiger partial charge in [0, 0.05) is 18.7 Å². The fraction of sp³-hybridized carbons (Fsp3) is 0.562. The lowest BCUT2D eigenvalue weighted by Gasteiger charge is -2.16. The third-order valence-corrected chi connectivity index (χ3v) is 3.43. The summed E-state index contributed by atoms with van der Waals surface area (Å²) in [7, 11) is 0. The van der Waals surface area contributed by atoms with Gasteiger partial charge in [0.15, 0.2) is 0 Å². The molecule has 0 aliphatic rings. The zero-order valence-electron chi connectivity index (χ0n) is 12.0. The van der Waals surface area contributed by atoms with Gasteiger partial charge in [-0.1, -0.05) is 38.5 Å². The zero-order valence-corrected chi connectivity index (χ0v) is 12.0. The molecule has 1 unspecified atom stereocenters. The van der Waals surface area contributed by atoms with Gasteiger partial charge < -0.3 is 10.4 Å². The largest absolute Gasteiger partial charge is 0.396 e. The molecule has 1 aromatic rings. The highest BCUT2D eigenvalue weighted by molar-refractivity contribution is 5.95. The van der Waals surface area contributed by atoms with Crippen LogP contribution in [0.1, 0.15) is 49.0 Å². The predicted octanol–water partition coefficient (Wildman–Crippen LogP) is 2.78. The first kappa shape index (κ1) is 15.7. The van der Waals surface area contributed by atoms with Gasteiger partial charge >= 0.3 is 0 Å². The number of rotatable bonds is 8. The molecule has 0 bridgehead atoms. The Kier molecular flexibility index (Phi) is 7.19. The number of aliphatic hydroxyl groups is 1. The van der Waals surface area contributed by atoms with Crippen molar-refractivity contribution in [3.05, 3.63) is 35.4 Å². The van der Waals surface area contributed by atoms with E-state index in [1.54, 1.807) is 0 Å². The lowest BCUT2D eigenvalue weighted by atomic mass is 9.99. The maximum absolute atomic E-state index is 12.2. The summed E-state index contributed by atoms with van der Waals surface area (Å²) in [5.74, 6) is 0.365. The van der Waals surface area contributed by atoms with Crippen molar-refractivity contribution in [1.29, 1.82) is 0 Å². The summed E-state index contributed by atoms with van der Waals surface area (Å²) in [5.41, 5.74) is 1.85. The molecule has 0 fully saturated rings. The highest BCUT2D eigenvalue weighted by Crippen LogP contribution is 2.12. The van der Waals surface area contributed by atoms with E-state index < -0.39 is 0 Å². The maximum Gasteiger partial charge on any atom is 0.251 e. The summed E-state index contributed by atoms with van der Waals surface area (Å²) < 4.78 is 0. The molecule has 19 heavy (non-hydrogen) atoms. The van der Waals surface area contributed by atoms with Gasteiger partial charge in [0.25, 0.3) is 5.91 Å². The van der Waals surface area contributed by atoms with Gasteiger partial charge in [0.05, 0.1) is 0 Å². The Morgan fingerprint density at radius 3 is 2.63 bits per heavy atom. The fourth-order valence-corrected chi connectivity index (χ4v) is 2.32. The molecule has 0 saturated carbocycles. The highest BCUT2D eigenvalue weighted by Gasteiger charge is 2.12. The molecule has 0 heterocycles. The summed E-state index contributed by atoms with van der Waals surface area (Å²) >= 11 is 0. The van der Waals surface area contributed by atoms with Gasteiger partial charge in [-0.25, -0.2) is 0 Å². The van der Waals surface area contributed by atoms with E-state index in [0.717, 1.165) is 36.8 Å². The topological polar surface area (TPSA) is 49.3 Å². The SMILES string of the molecule is CCCC(CCO)CNC(=O)c1ccccc1CC. The Morgan fingerprint density at radius 1 is 1.26 bits per heavy atom. The van der Waals surface area contributed by atoms with Crippen molar-refractivity contribution >= 4 is 5.91 Å². The summed E-state index contributed by atoms with van der Waals surface area (Å²) in [6.45, 7) is 5.01. The second-order valence-electron chi connectivity index (χ2n) is 4.89. The van der Waals surface area contributed by atoms with E-state index in [-0.39, 0.29) is 12.5 Å². The number of aliphatic hydroxyl groups excluding tert-OH is 1. The van der Waals surface area contributed by atoms with Crippen LogP contribution in [0.3, 0.4) is 0 Å². The van der Waals surface area contributed by atoms with Crippen LogP contribution in [0.5, 0.6) is 0 Å². The van der Waals surface area contributed by atoms with Crippen molar-refractivity contribution in [2.75, 3.05) is 13.2 Å². The number of nitrogens with one attached hydrogen (secondary N) is 1. The Morgan fingerprint density at radius 2 is 2.00 bits per heavy atom. The van der Waals surface area contributed by atoms with E-state index in [9.17, 15) is 4.79 Å². The molecule has 0 aliphatic heterocycles. The lowest BCUT2D eigenvalue weighted by Crippen LogP contribution is -2.30. The quantitative estimate of drug-likeness (QED) is 0.757. The van der Waals surface area contributed by atoms with Gasteiger partial charge in [-0.15, -0.1) is 0 Å². The third-order valence-electron chi connectivity index (χ3n) is 3.43. The van der Waals surface area contributed by atoms with Crippen LogP contribution in [0.2, 0.25) is 0 Å². The van der Waals surface area contributed by atoms with E-state index in [1.807, 2.05) is 24.3 Å². The van der Waals surface area contributed by atoms with Crippen LogP contribution in [0, 0.1) is 5.92 Å². The second kappa shape index (κ2) is 8.70. The predicted molar refractivity (Wildman–Crippen MR) is 78.3 cm³/mol. The van der Waals surface area contributed by atoms with Crippen molar-refractivity contribution in [3.63, 3.8) is 0 Å². The summed E-state index contributed by atoms with van der Waals surface area (Å²) in [5, 5.41) is 12.0. The standard InChI is InChI=1S/C16H25NO2/c1-3-7-13(10-11-18)12-17-16(19)15-9-6-5-8-14(15)4-2/h5-6,8-9,13,18H,3-4,7,10-12H2,1-2H3,(H,17,19). The minimum Gasteiger partial charge on any atom is -0.396 e. The van der Waals surface area contributed by atoms with Crippen LogP contribution in [0.4, 0.5) is 0 Å². The van der Waals surface area contributed by atoms with Crippen LogP contribution >= 0.6 is 0 Å². The molecule has 1 amide bonds. The summed E-state index contributed by atoms with van der Waals surface area (Å²) in [4.78, 5) is 12.2. The van der Waals surface area contributed by atoms with Gasteiger partial charge in [-0.2, -0.15) is 0 Å². The Balaban J connectivity index is 2.58. The normalized spacial score (nSPS) is 12.2. The average molecular weight is 263 g/mol. The number of amides is 1. The van der Waals surface area contributed by atoms with Gasteiger partial charge in [-0.3, -0.25) is 4.79 Å². The first-order valence-corrected chi connectivity index (χ1v) is 7.19. The van der Waals surface area contributed by atoms with Crippen molar-refractivity contribution in [2.24, 2.45) is 5.92 Å². The zero-order chi connectivity index (χ0) is 14.1. The summed E-state index contributed by atoms with van der Waals surface area (Å²) in [6, 6.07) is 7.72. The minimum absolute atomic E-state index is 0.00325. The molecule has 106 valence electrons. The minimum atomic E-state index is -0.00325. The molecule has 3 heteroatoms. The Bertz CT molecular complexity index is 384. The number of carbonyl (C=O) groups is 1. The molecular weight excluding hydrogens is 238 g/mol. The molecule has 0 aliphatic carbocycles. The molecule has 0 saturated heterocycles. The van der Waals surface area contributed by atoms with Gasteiger partial charge in [0.1, 0.15) is 0 Å². The molecule has 1 rings (SSSR count). The van der Waals surface area contributed by atoms with E-state index in [1.165, 1.54) is 0 Å². The molecule has 1 aromatic carbocycles. The van der Waals surface area contributed by atoms with Crippen LogP contribution in [-0.4, -0.2) is 24.2 Å². The van der Waals surface area contributed by atoms with E-state index in [0.29, 0.717) is 12.5 Å². The Hall–Kier alpha value is -1.35. The number of carbonyl (C=O) groups excluding carboxylic acids is 1. The van der Waals surface area contributed by atoms with Gasteiger partial charge in [-0.05, 0) is 36.8 Å². The average Bonchev–Trinajstić information content (AvgIpc) is 2.44. The van der Waals surface area contributed by atoms with E-state index in [4.69, 9.17) is 5.11 Å². The summed E-state index contributed by atoms with van der Waals surface area (Å²) in [6.07, 6.45) is 3.73. The third kappa shape index (κ3) is 5.03. The number of hydrogen-bond acceptors (Lipinski definition) is 2. The number of hydrogen-bond donors (Lipinski definition) is 2. The molecule has 1 atom stereocenters. The molecule has 0 aromatic heterocycles. The number of benzene rings is 1. The van der Waals surface area contributed by atoms with Crippen LogP contribution < -0.4 is 5.32 Å². The van der Waals surface area contributed by atoms with E-state index >= 15 is 0 Å². The number of aryl methyl sites for hydroxylation is 1. The fourth-order valence-electron chi connectivity index (χ4n) is 2.32. The Labute approximate surface area is 116 Å². The van der Waals surface area contributed by atoms with Gasteiger partial charge in [0.2, 0.25) is 0 Å². The van der Waals surface area contributed by atoms with Crippen molar-refractivity contribution < 1.29 is 9.90 Å². The molecule has 0 radical (unpaired) electrons. The van der Waals surface area contributed by atoms with Crippen molar-refractivity contribution in [2.45, 2.75) is 39.5 Å².